The van der Waals surface area contributed by atoms with Crippen LogP contribution in [0.2, 0.25) is 0 Å². The van der Waals surface area contributed by atoms with Gasteiger partial charge in [-0.15, -0.1) is 0 Å². The topological polar surface area (TPSA) is 70.2 Å². The smallest absolute Gasteiger partial charge is 0.233 e. The van der Waals surface area contributed by atoms with Gasteiger partial charge in [-0.1, -0.05) is 6.92 Å². The molecule has 0 saturated carbocycles. The third-order valence-electron chi connectivity index (χ3n) is 1.76. The van der Waals surface area contributed by atoms with Crippen LogP contribution in [0.15, 0.2) is 0 Å². The van der Waals surface area contributed by atoms with Crippen LogP contribution >= 0.6 is 0 Å². The van der Waals surface area contributed by atoms with Crippen LogP contribution in [0.25, 0.3) is 0 Å². The minimum absolute atomic E-state index is 0.0280. The number of likely N-dealkylation sites (N-methyl/N-ethyl adjacent to an activating group) is 1. The van der Waals surface area contributed by atoms with Crippen LogP contribution in [0.5, 0.6) is 0 Å². The summed E-state index contributed by atoms with van der Waals surface area (Å²) in [4.78, 5) is 22.1. The van der Waals surface area contributed by atoms with Gasteiger partial charge in [-0.2, -0.15) is 0 Å². The predicted octanol–water partition coefficient (Wildman–Crippen LogP) is -0.372. The molecule has 0 aliphatic carbocycles. The van der Waals surface area contributed by atoms with E-state index in [2.05, 4.69) is 16.0 Å². The molecule has 0 aliphatic heterocycles. The fraction of sp³-hybridized carbons (Fsp3) is 0.800. The lowest BCUT2D eigenvalue weighted by Gasteiger charge is -2.05. The molecule has 0 aromatic heterocycles. The lowest BCUT2D eigenvalue weighted by Crippen LogP contribution is -2.35. The van der Waals surface area contributed by atoms with Gasteiger partial charge in [-0.3, -0.25) is 9.59 Å². The minimum Gasteiger partial charge on any atom is -0.356 e. The Morgan fingerprint density at radius 3 is 2.33 bits per heavy atom. The summed E-state index contributed by atoms with van der Waals surface area (Å²) in [7, 11) is 0. The third-order valence-corrected chi connectivity index (χ3v) is 1.76. The molecule has 3 N–H and O–H groups in total. The highest BCUT2D eigenvalue weighted by Gasteiger charge is 2.01. The molecular weight excluding hydrogens is 194 g/mol. The van der Waals surface area contributed by atoms with Gasteiger partial charge in [-0.05, 0) is 13.3 Å². The highest BCUT2D eigenvalue weighted by atomic mass is 16.2. The Morgan fingerprint density at radius 2 is 1.73 bits per heavy atom. The van der Waals surface area contributed by atoms with Crippen molar-refractivity contribution in [2.75, 3.05) is 26.2 Å². The van der Waals surface area contributed by atoms with Crippen LogP contribution in [-0.2, 0) is 9.59 Å². The molecule has 0 aromatic carbocycles. The van der Waals surface area contributed by atoms with E-state index in [0.29, 0.717) is 19.5 Å². The second-order valence-corrected chi connectivity index (χ2v) is 3.23. The number of nitrogens with one attached hydrogen (secondary N) is 3. The summed E-state index contributed by atoms with van der Waals surface area (Å²) < 4.78 is 0. The van der Waals surface area contributed by atoms with Crippen molar-refractivity contribution in [2.24, 2.45) is 0 Å². The maximum Gasteiger partial charge on any atom is 0.233 e. The largest absolute Gasteiger partial charge is 0.356 e. The molecule has 0 aliphatic rings. The molecule has 0 rings (SSSR count). The van der Waals surface area contributed by atoms with Gasteiger partial charge in [0.05, 0.1) is 6.54 Å². The van der Waals surface area contributed by atoms with E-state index in [1.807, 2.05) is 13.8 Å². The zero-order valence-corrected chi connectivity index (χ0v) is 9.56. The van der Waals surface area contributed by atoms with Crippen molar-refractivity contribution in [3.05, 3.63) is 0 Å². The minimum atomic E-state index is -0.0357. The maximum absolute atomic E-state index is 11.1. The number of carbonyl (C=O) groups excluding carboxylic acids is 2. The third kappa shape index (κ3) is 9.21. The van der Waals surface area contributed by atoms with Crippen molar-refractivity contribution >= 4 is 11.8 Å². The van der Waals surface area contributed by atoms with E-state index in [1.54, 1.807) is 0 Å². The first kappa shape index (κ1) is 13.9. The lowest BCUT2D eigenvalue weighted by atomic mass is 10.3. The van der Waals surface area contributed by atoms with E-state index in [4.69, 9.17) is 0 Å². The van der Waals surface area contributed by atoms with E-state index >= 15 is 0 Å². The van der Waals surface area contributed by atoms with Gasteiger partial charge in [0.15, 0.2) is 0 Å². The van der Waals surface area contributed by atoms with Gasteiger partial charge in [0, 0.05) is 26.1 Å². The summed E-state index contributed by atoms with van der Waals surface area (Å²) in [6.45, 7) is 6.04. The van der Waals surface area contributed by atoms with Crippen LogP contribution in [0.4, 0.5) is 0 Å². The molecule has 0 spiro atoms. The second-order valence-electron chi connectivity index (χ2n) is 3.23. The molecular formula is C10H21N3O2. The summed E-state index contributed by atoms with van der Waals surface area (Å²) in [6.07, 6.45) is 1.36. The first-order valence-electron chi connectivity index (χ1n) is 5.44. The Bertz CT molecular complexity index is 195. The molecule has 15 heavy (non-hydrogen) atoms. The highest BCUT2D eigenvalue weighted by Crippen LogP contribution is 1.78. The van der Waals surface area contributed by atoms with E-state index in [-0.39, 0.29) is 18.4 Å². The number of hydrogen-bond donors (Lipinski definition) is 3. The Kier molecular flexibility index (Phi) is 8.76. The molecule has 0 unspecified atom stereocenters. The molecule has 0 atom stereocenters. The molecule has 5 nitrogen and oxygen atoms in total. The van der Waals surface area contributed by atoms with Crippen molar-refractivity contribution < 1.29 is 9.59 Å². The number of amides is 2. The highest BCUT2D eigenvalue weighted by molar-refractivity contribution is 5.78. The quantitative estimate of drug-likeness (QED) is 0.484. The lowest BCUT2D eigenvalue weighted by molar-refractivity contribution is -0.122. The van der Waals surface area contributed by atoms with Crippen molar-refractivity contribution in [3.63, 3.8) is 0 Å². The molecule has 0 saturated heterocycles. The Balaban J connectivity index is 3.30. The average molecular weight is 215 g/mol. The predicted molar refractivity (Wildman–Crippen MR) is 59.5 cm³/mol. The van der Waals surface area contributed by atoms with E-state index in [1.165, 1.54) is 0 Å². The van der Waals surface area contributed by atoms with Gasteiger partial charge in [0.1, 0.15) is 0 Å². The number of hydrogen-bond acceptors (Lipinski definition) is 3. The van der Waals surface area contributed by atoms with Crippen LogP contribution < -0.4 is 16.0 Å². The van der Waals surface area contributed by atoms with Gasteiger partial charge in [0.25, 0.3) is 0 Å². The van der Waals surface area contributed by atoms with Crippen LogP contribution in [0.3, 0.4) is 0 Å². The van der Waals surface area contributed by atoms with Crippen molar-refractivity contribution in [3.8, 4) is 0 Å². The second kappa shape index (κ2) is 9.45. The van der Waals surface area contributed by atoms with Crippen molar-refractivity contribution in [1.82, 2.24) is 16.0 Å². The Morgan fingerprint density at radius 1 is 1.00 bits per heavy atom. The zero-order chi connectivity index (χ0) is 11.5. The van der Waals surface area contributed by atoms with Crippen molar-refractivity contribution in [2.45, 2.75) is 26.7 Å². The van der Waals surface area contributed by atoms with Gasteiger partial charge in [-0.25, -0.2) is 0 Å². The molecule has 0 bridgehead atoms. The number of rotatable bonds is 8. The SMILES string of the molecule is CCCNC(=O)CCNCC(=O)NCC. The average Bonchev–Trinajstić information content (AvgIpc) is 2.22. The summed E-state index contributed by atoms with van der Waals surface area (Å²) in [5.74, 6) is -0.00767. The van der Waals surface area contributed by atoms with Crippen LogP contribution in [0.1, 0.15) is 26.7 Å². The van der Waals surface area contributed by atoms with Crippen LogP contribution in [0, 0.1) is 0 Å². The normalized spacial score (nSPS) is 9.73. The standard InChI is InChI=1S/C10H21N3O2/c1-3-6-13-9(14)5-7-11-8-10(15)12-4-2/h11H,3-8H2,1-2H3,(H,12,15)(H,13,14). The summed E-state index contributed by atoms with van der Waals surface area (Å²) in [6, 6.07) is 0. The summed E-state index contributed by atoms with van der Waals surface area (Å²) >= 11 is 0. The summed E-state index contributed by atoms with van der Waals surface area (Å²) in [5.41, 5.74) is 0. The zero-order valence-electron chi connectivity index (χ0n) is 9.56. The molecule has 5 heteroatoms. The van der Waals surface area contributed by atoms with Gasteiger partial charge < -0.3 is 16.0 Å². The summed E-state index contributed by atoms with van der Waals surface area (Å²) in [5, 5.41) is 8.34. The molecule has 0 aromatic rings. The fourth-order valence-electron chi connectivity index (χ4n) is 1.02. The van der Waals surface area contributed by atoms with E-state index in [9.17, 15) is 9.59 Å². The molecule has 0 radical (unpaired) electrons. The first-order chi connectivity index (χ1) is 7.20. The molecule has 88 valence electrons. The van der Waals surface area contributed by atoms with E-state index in [0.717, 1.165) is 13.0 Å². The first-order valence-corrected chi connectivity index (χ1v) is 5.44. The van der Waals surface area contributed by atoms with Crippen LogP contribution in [-0.4, -0.2) is 38.0 Å². The van der Waals surface area contributed by atoms with Gasteiger partial charge >= 0.3 is 0 Å². The van der Waals surface area contributed by atoms with E-state index < -0.39 is 0 Å². The molecule has 0 fully saturated rings. The Hall–Kier alpha value is -1.10. The molecule has 2 amide bonds. The maximum atomic E-state index is 11.1. The number of carbonyl (C=O) groups is 2. The fourth-order valence-corrected chi connectivity index (χ4v) is 1.02. The monoisotopic (exact) mass is 215 g/mol. The Labute approximate surface area is 91.0 Å². The van der Waals surface area contributed by atoms with Crippen molar-refractivity contribution in [1.29, 1.82) is 0 Å². The van der Waals surface area contributed by atoms with Gasteiger partial charge in [0.2, 0.25) is 11.8 Å². The molecule has 0 heterocycles.